The molecule has 116 valence electrons. The molecule has 0 aliphatic carbocycles. The summed E-state index contributed by atoms with van der Waals surface area (Å²) in [6.45, 7) is 5.93. The number of furan rings is 1. The van der Waals surface area contributed by atoms with E-state index in [1.54, 1.807) is 6.26 Å². The lowest BCUT2D eigenvalue weighted by atomic mass is 10.0. The number of carbonyl (C=O) groups is 1. The highest BCUT2D eigenvalue weighted by Gasteiger charge is 2.36. The van der Waals surface area contributed by atoms with Crippen LogP contribution in [-0.2, 0) is 11.3 Å². The zero-order chi connectivity index (χ0) is 14.8. The van der Waals surface area contributed by atoms with Gasteiger partial charge in [0.15, 0.2) is 0 Å². The summed E-state index contributed by atoms with van der Waals surface area (Å²) in [6.07, 6.45) is 5.69. The first kappa shape index (κ1) is 14.6. The molecule has 2 aliphatic heterocycles. The van der Waals surface area contributed by atoms with Crippen molar-refractivity contribution in [3.63, 3.8) is 0 Å². The van der Waals surface area contributed by atoms with Crippen molar-refractivity contribution in [1.82, 2.24) is 9.80 Å². The summed E-state index contributed by atoms with van der Waals surface area (Å²) >= 11 is 0. The standard InChI is InChI=1S/C16H24N2O3/c1-12-6-10-21-15(12)11-17-8-4-13(5-9-17)18-7-2-3-14(18)16(19)20/h6,10,13-14H,2-5,7-9,11H2,1H3,(H,19,20). The van der Waals surface area contributed by atoms with E-state index in [4.69, 9.17) is 4.42 Å². The van der Waals surface area contributed by atoms with Gasteiger partial charge in [-0.2, -0.15) is 0 Å². The Hall–Kier alpha value is -1.33. The second-order valence-corrected chi connectivity index (χ2v) is 6.27. The molecule has 0 aromatic carbocycles. The maximum Gasteiger partial charge on any atom is 0.320 e. The minimum absolute atomic E-state index is 0.256. The van der Waals surface area contributed by atoms with Gasteiger partial charge in [-0.25, -0.2) is 0 Å². The Morgan fingerprint density at radius 1 is 1.33 bits per heavy atom. The van der Waals surface area contributed by atoms with Gasteiger partial charge in [0.2, 0.25) is 0 Å². The molecule has 2 fully saturated rings. The topological polar surface area (TPSA) is 56.9 Å². The van der Waals surface area contributed by atoms with Gasteiger partial charge in [0, 0.05) is 19.1 Å². The maximum atomic E-state index is 11.3. The molecule has 3 rings (SSSR count). The van der Waals surface area contributed by atoms with E-state index < -0.39 is 5.97 Å². The van der Waals surface area contributed by atoms with Crippen molar-refractivity contribution >= 4 is 5.97 Å². The monoisotopic (exact) mass is 292 g/mol. The van der Waals surface area contributed by atoms with Crippen molar-refractivity contribution in [3.8, 4) is 0 Å². The molecule has 0 bridgehead atoms. The van der Waals surface area contributed by atoms with E-state index in [0.717, 1.165) is 57.6 Å². The van der Waals surface area contributed by atoms with Crippen LogP contribution in [0.4, 0.5) is 0 Å². The van der Waals surface area contributed by atoms with E-state index >= 15 is 0 Å². The van der Waals surface area contributed by atoms with E-state index in [1.807, 2.05) is 6.07 Å². The van der Waals surface area contributed by atoms with Gasteiger partial charge in [-0.15, -0.1) is 0 Å². The quantitative estimate of drug-likeness (QED) is 0.921. The van der Waals surface area contributed by atoms with Crippen molar-refractivity contribution in [1.29, 1.82) is 0 Å². The molecular weight excluding hydrogens is 268 g/mol. The first-order valence-electron chi connectivity index (χ1n) is 7.89. The molecule has 1 aromatic heterocycles. The molecule has 0 amide bonds. The summed E-state index contributed by atoms with van der Waals surface area (Å²) in [4.78, 5) is 15.9. The summed E-state index contributed by atoms with van der Waals surface area (Å²) in [7, 11) is 0. The zero-order valence-corrected chi connectivity index (χ0v) is 12.6. The fourth-order valence-corrected chi connectivity index (χ4v) is 3.67. The van der Waals surface area contributed by atoms with Gasteiger partial charge < -0.3 is 9.52 Å². The first-order chi connectivity index (χ1) is 10.1. The number of hydrogen-bond acceptors (Lipinski definition) is 4. The van der Waals surface area contributed by atoms with Crippen LogP contribution in [0.15, 0.2) is 16.7 Å². The molecule has 1 N–H and O–H groups in total. The second kappa shape index (κ2) is 6.20. The third-order valence-corrected chi connectivity index (χ3v) is 4.94. The summed E-state index contributed by atoms with van der Waals surface area (Å²) in [5, 5.41) is 9.30. The maximum absolute atomic E-state index is 11.3. The molecule has 5 nitrogen and oxygen atoms in total. The number of carboxylic acids is 1. The SMILES string of the molecule is Cc1ccoc1CN1CCC(N2CCCC2C(=O)O)CC1. The number of aliphatic carboxylic acids is 1. The van der Waals surface area contributed by atoms with Crippen molar-refractivity contribution in [2.24, 2.45) is 0 Å². The Labute approximate surface area is 125 Å². The average molecular weight is 292 g/mol. The first-order valence-corrected chi connectivity index (χ1v) is 7.89. The van der Waals surface area contributed by atoms with E-state index in [1.165, 1.54) is 5.56 Å². The summed E-state index contributed by atoms with van der Waals surface area (Å²) in [6, 6.07) is 2.18. The van der Waals surface area contributed by atoms with E-state index in [9.17, 15) is 9.90 Å². The smallest absolute Gasteiger partial charge is 0.320 e. The molecule has 1 unspecified atom stereocenters. The molecule has 0 radical (unpaired) electrons. The number of nitrogens with zero attached hydrogens (tertiary/aromatic N) is 2. The molecule has 0 saturated carbocycles. The summed E-state index contributed by atoms with van der Waals surface area (Å²) in [5.74, 6) is 0.402. The molecule has 2 aliphatic rings. The second-order valence-electron chi connectivity index (χ2n) is 6.27. The number of piperidine rings is 1. The largest absolute Gasteiger partial charge is 0.480 e. The molecule has 3 heterocycles. The van der Waals surface area contributed by atoms with Crippen LogP contribution in [0.5, 0.6) is 0 Å². The lowest BCUT2D eigenvalue weighted by Crippen LogP contribution is -2.48. The highest BCUT2D eigenvalue weighted by atomic mass is 16.4. The zero-order valence-electron chi connectivity index (χ0n) is 12.6. The van der Waals surface area contributed by atoms with Crippen LogP contribution in [0.25, 0.3) is 0 Å². The van der Waals surface area contributed by atoms with Crippen molar-refractivity contribution < 1.29 is 14.3 Å². The van der Waals surface area contributed by atoms with Crippen LogP contribution in [-0.4, -0.2) is 52.6 Å². The third kappa shape index (κ3) is 3.14. The van der Waals surface area contributed by atoms with E-state index in [-0.39, 0.29) is 6.04 Å². The molecule has 2 saturated heterocycles. The van der Waals surface area contributed by atoms with Gasteiger partial charge in [0.1, 0.15) is 11.8 Å². The van der Waals surface area contributed by atoms with Gasteiger partial charge in [-0.1, -0.05) is 0 Å². The Morgan fingerprint density at radius 3 is 2.71 bits per heavy atom. The van der Waals surface area contributed by atoms with Crippen LogP contribution in [0.1, 0.15) is 37.0 Å². The molecular formula is C16H24N2O3. The summed E-state index contributed by atoms with van der Waals surface area (Å²) < 4.78 is 5.51. The van der Waals surface area contributed by atoms with E-state index in [0.29, 0.717) is 6.04 Å². The van der Waals surface area contributed by atoms with Crippen molar-refractivity contribution in [3.05, 3.63) is 23.7 Å². The van der Waals surface area contributed by atoms with Gasteiger partial charge in [0.25, 0.3) is 0 Å². The lowest BCUT2D eigenvalue weighted by molar-refractivity contribution is -0.143. The fourth-order valence-electron chi connectivity index (χ4n) is 3.67. The van der Waals surface area contributed by atoms with Crippen molar-refractivity contribution in [2.45, 2.75) is 51.2 Å². The van der Waals surface area contributed by atoms with Crippen LogP contribution in [0, 0.1) is 6.92 Å². The number of carboxylic acid groups (broad SMARTS) is 1. The van der Waals surface area contributed by atoms with Crippen LogP contribution < -0.4 is 0 Å². The Kier molecular flexibility index (Phi) is 4.31. The minimum atomic E-state index is -0.652. The molecule has 21 heavy (non-hydrogen) atoms. The Bertz CT molecular complexity index is 491. The number of likely N-dealkylation sites (tertiary alicyclic amines) is 2. The number of rotatable bonds is 4. The molecule has 1 atom stereocenters. The highest BCUT2D eigenvalue weighted by Crippen LogP contribution is 2.27. The average Bonchev–Trinajstić information content (AvgIpc) is 3.10. The van der Waals surface area contributed by atoms with Crippen LogP contribution in [0.3, 0.4) is 0 Å². The van der Waals surface area contributed by atoms with Crippen LogP contribution >= 0.6 is 0 Å². The van der Waals surface area contributed by atoms with Gasteiger partial charge in [-0.3, -0.25) is 14.6 Å². The molecule has 0 spiro atoms. The van der Waals surface area contributed by atoms with Gasteiger partial charge >= 0.3 is 5.97 Å². The lowest BCUT2D eigenvalue weighted by Gasteiger charge is -2.38. The normalized spacial score (nSPS) is 25.5. The highest BCUT2D eigenvalue weighted by molar-refractivity contribution is 5.73. The van der Waals surface area contributed by atoms with Crippen molar-refractivity contribution in [2.75, 3.05) is 19.6 Å². The molecule has 1 aromatic rings. The Balaban J connectivity index is 1.53. The minimum Gasteiger partial charge on any atom is -0.480 e. The Morgan fingerprint density at radius 2 is 2.10 bits per heavy atom. The third-order valence-electron chi connectivity index (χ3n) is 4.94. The van der Waals surface area contributed by atoms with Gasteiger partial charge in [0.05, 0.1) is 12.8 Å². The van der Waals surface area contributed by atoms with Gasteiger partial charge in [-0.05, 0) is 50.8 Å². The number of aryl methyl sites for hydroxylation is 1. The predicted molar refractivity (Wildman–Crippen MR) is 79.1 cm³/mol. The van der Waals surface area contributed by atoms with Crippen LogP contribution in [0.2, 0.25) is 0 Å². The molecule has 5 heteroatoms. The predicted octanol–water partition coefficient (Wildman–Crippen LogP) is 2.10. The fraction of sp³-hybridized carbons (Fsp3) is 0.688. The summed E-state index contributed by atoms with van der Waals surface area (Å²) in [5.41, 5.74) is 1.21. The number of hydrogen-bond donors (Lipinski definition) is 1. The van der Waals surface area contributed by atoms with E-state index in [2.05, 4.69) is 16.7 Å².